The lowest BCUT2D eigenvalue weighted by molar-refractivity contribution is 0.952. The summed E-state index contributed by atoms with van der Waals surface area (Å²) in [6.07, 6.45) is 0. The number of fused-ring (bicyclic) bond motifs is 6. The van der Waals surface area contributed by atoms with Crippen LogP contribution in [0.25, 0.3) is 77.8 Å². The van der Waals surface area contributed by atoms with Gasteiger partial charge in [0.25, 0.3) is 0 Å². The van der Waals surface area contributed by atoms with Gasteiger partial charge < -0.3 is 0 Å². The van der Waals surface area contributed by atoms with Crippen molar-refractivity contribution in [3.63, 3.8) is 0 Å². The Bertz CT molecular complexity index is 3640. The Hall–Kier alpha value is -8.12. The first-order valence-electron chi connectivity index (χ1n) is 23.6. The van der Waals surface area contributed by atoms with Gasteiger partial charge in [0.15, 0.2) is 8.07 Å². The lowest BCUT2D eigenvalue weighted by Gasteiger charge is -2.35. The minimum Gasteiger partial charge on any atom is -0.294 e. The normalized spacial score (nSPS) is 12.9. The van der Waals surface area contributed by atoms with Gasteiger partial charge in [-0.2, -0.15) is 4.98 Å². The van der Waals surface area contributed by atoms with Crippen molar-refractivity contribution in [2.75, 3.05) is 0 Å². The van der Waals surface area contributed by atoms with E-state index in [0.717, 1.165) is 81.4 Å². The fourth-order valence-corrected chi connectivity index (χ4v) is 14.5. The van der Waals surface area contributed by atoms with Crippen LogP contribution in [0.15, 0.2) is 243 Å². The summed E-state index contributed by atoms with van der Waals surface area (Å²) < 4.78 is 47.7. The molecule has 3 heterocycles. The van der Waals surface area contributed by atoms with E-state index in [1.54, 1.807) is 0 Å². The molecule has 12 aromatic rings. The first-order valence-corrected chi connectivity index (χ1v) is 23.1. The molecule has 0 atom stereocenters. The molecule has 0 amide bonds. The van der Waals surface area contributed by atoms with Crippen LogP contribution in [0.1, 0.15) is 6.85 Å². The van der Waals surface area contributed by atoms with Crippen molar-refractivity contribution in [1.29, 1.82) is 0 Å². The van der Waals surface area contributed by atoms with Crippen molar-refractivity contribution in [3.8, 4) is 34.2 Å². The minimum absolute atomic E-state index is 0.173. The van der Waals surface area contributed by atoms with Gasteiger partial charge in [0.2, 0.25) is 5.95 Å². The van der Waals surface area contributed by atoms with E-state index in [-0.39, 0.29) is 29.7 Å². The molecule has 0 aliphatic rings. The number of hydrogen-bond donors (Lipinski definition) is 0. The van der Waals surface area contributed by atoms with Crippen LogP contribution >= 0.6 is 0 Å². The van der Waals surface area contributed by atoms with Crippen molar-refractivity contribution in [2.24, 2.45) is 0 Å². The van der Waals surface area contributed by atoms with Crippen LogP contribution in [0.2, 0.25) is 0 Å². The van der Waals surface area contributed by atoms with E-state index < -0.39 is 14.1 Å². The molecule has 0 saturated heterocycles. The second-order valence-corrected chi connectivity index (χ2v) is 19.6. The lowest BCUT2D eigenvalue weighted by atomic mass is 10.1. The molecule has 4 nitrogen and oxygen atoms in total. The maximum absolute atomic E-state index is 8.95. The van der Waals surface area contributed by atoms with Gasteiger partial charge in [-0.05, 0) is 56.1 Å². The highest BCUT2D eigenvalue weighted by atomic mass is 28.3. The van der Waals surface area contributed by atoms with E-state index in [4.69, 9.17) is 16.8 Å². The van der Waals surface area contributed by atoms with Gasteiger partial charge in [-0.3, -0.25) is 9.13 Å². The molecule has 0 saturated carbocycles. The van der Waals surface area contributed by atoms with Gasteiger partial charge in [-0.25, -0.2) is 4.98 Å². The summed E-state index contributed by atoms with van der Waals surface area (Å²) in [4.78, 5) is 11.0. The Balaban J connectivity index is 1.15. The van der Waals surface area contributed by atoms with Crippen LogP contribution in [-0.2, 0) is 0 Å². The smallest absolute Gasteiger partial charge is 0.237 e. The van der Waals surface area contributed by atoms with Gasteiger partial charge in [-0.15, -0.1) is 0 Å². The largest absolute Gasteiger partial charge is 0.294 e. The van der Waals surface area contributed by atoms with Crippen LogP contribution in [-0.4, -0.2) is 27.2 Å². The SMILES string of the molecule is [2H]c1c([2H])c([2H])c(-c2cccc([Si](c3ccccc3)(c3ccccc3)c3cccc(-c4cc(-n5c6ccccc6c6ccccc65)nc(-n5c6ccccc6c6ccccc65)n4)c3)c2)c([2H])c1[2H]. The topological polar surface area (TPSA) is 35.6 Å². The number of hydrogen-bond acceptors (Lipinski definition) is 2. The molecule has 0 aliphatic carbocycles. The van der Waals surface area contributed by atoms with Gasteiger partial charge >= 0.3 is 0 Å². The van der Waals surface area contributed by atoms with E-state index in [1.165, 1.54) is 0 Å². The number of benzene rings is 9. The summed E-state index contributed by atoms with van der Waals surface area (Å²) in [6, 6.07) is 72.0. The predicted octanol–water partition coefficient (Wildman–Crippen LogP) is 11.4. The Labute approximate surface area is 373 Å². The van der Waals surface area contributed by atoms with Crippen LogP contribution in [0.3, 0.4) is 0 Å². The number of para-hydroxylation sites is 4. The number of aromatic nitrogens is 4. The molecule has 0 spiro atoms. The molecule has 0 bridgehead atoms. The predicted molar refractivity (Wildman–Crippen MR) is 265 cm³/mol. The van der Waals surface area contributed by atoms with E-state index in [2.05, 4.69) is 191 Å². The van der Waals surface area contributed by atoms with Crippen molar-refractivity contribution in [2.45, 2.75) is 0 Å². The van der Waals surface area contributed by atoms with Gasteiger partial charge in [-0.1, -0.05) is 212 Å². The lowest BCUT2D eigenvalue weighted by Crippen LogP contribution is -2.74. The number of nitrogens with zero attached hydrogens (tertiary/aromatic N) is 4. The molecule has 296 valence electrons. The average molecular weight is 826 g/mol. The molecule has 9 aromatic carbocycles. The molecule has 5 heteroatoms. The Morgan fingerprint density at radius 2 is 0.778 bits per heavy atom. The average Bonchev–Trinajstić information content (AvgIpc) is 3.92. The third-order valence-corrected chi connectivity index (χ3v) is 17.1. The monoisotopic (exact) mass is 825 g/mol. The molecule has 12 rings (SSSR count). The van der Waals surface area contributed by atoms with E-state index in [1.807, 2.05) is 30.3 Å². The maximum atomic E-state index is 8.95. The molecular formula is C58H40N4Si. The highest BCUT2D eigenvalue weighted by Crippen LogP contribution is 2.35. The fraction of sp³-hybridized carbons (Fsp3) is 0. The van der Waals surface area contributed by atoms with Crippen LogP contribution in [0.4, 0.5) is 0 Å². The van der Waals surface area contributed by atoms with E-state index in [9.17, 15) is 0 Å². The zero-order valence-electron chi connectivity index (χ0n) is 39.0. The van der Waals surface area contributed by atoms with Crippen molar-refractivity contribution in [1.82, 2.24) is 19.1 Å². The Kier molecular flexibility index (Phi) is 7.60. The van der Waals surface area contributed by atoms with Crippen molar-refractivity contribution in [3.05, 3.63) is 243 Å². The third kappa shape index (κ3) is 5.97. The van der Waals surface area contributed by atoms with Crippen molar-refractivity contribution >= 4 is 72.4 Å². The summed E-state index contributed by atoms with van der Waals surface area (Å²) >= 11 is 0. The van der Waals surface area contributed by atoms with E-state index in [0.29, 0.717) is 11.5 Å². The molecule has 0 radical (unpaired) electrons. The molecule has 63 heavy (non-hydrogen) atoms. The molecule has 0 unspecified atom stereocenters. The summed E-state index contributed by atoms with van der Waals surface area (Å²) in [7, 11) is -3.29. The van der Waals surface area contributed by atoms with Gasteiger partial charge in [0.05, 0.1) is 34.6 Å². The first kappa shape index (κ1) is 31.7. The Morgan fingerprint density at radius 1 is 0.349 bits per heavy atom. The first-order chi connectivity index (χ1) is 33.3. The number of rotatable bonds is 8. The molecule has 0 fully saturated rings. The summed E-state index contributed by atoms with van der Waals surface area (Å²) in [5, 5.41) is 8.83. The van der Waals surface area contributed by atoms with Crippen LogP contribution < -0.4 is 20.7 Å². The van der Waals surface area contributed by atoms with Crippen molar-refractivity contribution < 1.29 is 6.85 Å². The molecular weight excluding hydrogens is 781 g/mol. The second-order valence-electron chi connectivity index (χ2n) is 15.8. The molecule has 0 N–H and O–H groups in total. The zero-order chi connectivity index (χ0) is 46.1. The van der Waals surface area contributed by atoms with Crippen LogP contribution in [0.5, 0.6) is 0 Å². The third-order valence-electron chi connectivity index (χ3n) is 12.4. The van der Waals surface area contributed by atoms with Crippen LogP contribution in [0, 0.1) is 0 Å². The summed E-state index contributed by atoms with van der Waals surface area (Å²) in [6.45, 7) is 0. The van der Waals surface area contributed by atoms with Gasteiger partial charge in [0.1, 0.15) is 5.82 Å². The zero-order valence-corrected chi connectivity index (χ0v) is 35.0. The summed E-state index contributed by atoms with van der Waals surface area (Å²) in [5.74, 6) is 1.28. The molecule has 3 aromatic heterocycles. The standard InChI is InChI=1S/C58H40N4Si/c1-4-20-41(21-5-1)42-22-18-28-46(38-42)63(44-24-6-2-7-25-44,45-26-8-3-9-27-45)47-29-19-23-43(39-47)52-40-57(61-53-34-14-10-30-48(53)49-31-11-15-35-54(49)61)60-58(59-52)62-55-36-16-12-32-50(55)51-33-13-17-37-56(51)62/h1-40H/i1D,4D,5D,20D,21D. The summed E-state index contributed by atoms with van der Waals surface area (Å²) in [5.41, 5.74) is 6.47. The molecule has 0 aliphatic heterocycles. The fourth-order valence-electron chi connectivity index (χ4n) is 9.68. The minimum atomic E-state index is -3.29. The Morgan fingerprint density at radius 3 is 1.30 bits per heavy atom. The quantitative estimate of drug-likeness (QED) is 0.113. The highest BCUT2D eigenvalue weighted by molar-refractivity contribution is 7.20. The van der Waals surface area contributed by atoms with Gasteiger partial charge in [0, 0.05) is 33.2 Å². The maximum Gasteiger partial charge on any atom is 0.237 e. The second kappa shape index (κ2) is 15.1. The van der Waals surface area contributed by atoms with E-state index >= 15 is 0 Å². The highest BCUT2D eigenvalue weighted by Gasteiger charge is 2.41.